The second kappa shape index (κ2) is 8.62. The van der Waals surface area contributed by atoms with Gasteiger partial charge in [0, 0.05) is 0 Å². The third-order valence-corrected chi connectivity index (χ3v) is 4.95. The van der Waals surface area contributed by atoms with Crippen molar-refractivity contribution in [3.63, 3.8) is 0 Å². The van der Waals surface area contributed by atoms with Crippen LogP contribution in [0.25, 0.3) is 11.2 Å². The minimum Gasteiger partial charge on any atom is -0.479 e. The van der Waals surface area contributed by atoms with Crippen molar-refractivity contribution < 1.29 is 33.6 Å². The Kier molecular flexibility index (Phi) is 6.43. The van der Waals surface area contributed by atoms with Crippen LogP contribution in [0, 0.1) is 10.8 Å². The number of fused-ring (bicyclic) bond motifs is 1. The summed E-state index contributed by atoms with van der Waals surface area (Å²) in [7, 11) is 1.46. The van der Waals surface area contributed by atoms with E-state index in [-0.39, 0.29) is 12.5 Å². The van der Waals surface area contributed by atoms with Gasteiger partial charge < -0.3 is 24.1 Å². The number of aliphatic hydroxyl groups excluding tert-OH is 1. The fourth-order valence-corrected chi connectivity index (χ4v) is 3.05. The summed E-state index contributed by atoms with van der Waals surface area (Å²) in [5.74, 6) is -0.684. The van der Waals surface area contributed by atoms with Crippen LogP contribution in [-0.4, -0.2) is 68.6 Å². The number of hydrogen-bond acceptors (Lipinski definition) is 10. The molecule has 2 aromatic rings. The number of esters is 2. The summed E-state index contributed by atoms with van der Waals surface area (Å²) < 4.78 is 23.8. The molecule has 0 saturated carbocycles. The summed E-state index contributed by atoms with van der Waals surface area (Å²) in [4.78, 5) is 37.3. The Hall–Kier alpha value is -2.79. The van der Waals surface area contributed by atoms with E-state index in [1.54, 1.807) is 41.5 Å². The van der Waals surface area contributed by atoms with E-state index < -0.39 is 47.3 Å². The van der Waals surface area contributed by atoms with Crippen molar-refractivity contribution >= 4 is 23.1 Å². The van der Waals surface area contributed by atoms with Gasteiger partial charge in [-0.3, -0.25) is 14.2 Å². The molecule has 0 radical (unpaired) electrons. The van der Waals surface area contributed by atoms with Gasteiger partial charge in [0.25, 0.3) is 0 Å². The van der Waals surface area contributed by atoms with E-state index in [4.69, 9.17) is 18.9 Å². The molecule has 0 bridgehead atoms. The molecule has 176 valence electrons. The molecule has 1 aliphatic heterocycles. The zero-order valence-corrected chi connectivity index (χ0v) is 19.4. The van der Waals surface area contributed by atoms with Crippen LogP contribution < -0.4 is 4.74 Å². The first-order valence-electron chi connectivity index (χ1n) is 10.3. The Morgan fingerprint density at radius 2 is 1.75 bits per heavy atom. The lowest BCUT2D eigenvalue weighted by Gasteiger charge is -2.25. The van der Waals surface area contributed by atoms with Crippen LogP contribution in [-0.2, 0) is 23.8 Å². The second-order valence-corrected chi connectivity index (χ2v) is 9.73. The van der Waals surface area contributed by atoms with E-state index in [0.717, 1.165) is 0 Å². The van der Waals surface area contributed by atoms with Crippen molar-refractivity contribution in [3.8, 4) is 5.88 Å². The van der Waals surface area contributed by atoms with Gasteiger partial charge in [-0.05, 0) is 41.5 Å². The summed E-state index contributed by atoms with van der Waals surface area (Å²) in [6, 6.07) is 0. The molecule has 3 rings (SSSR count). The highest BCUT2D eigenvalue weighted by Crippen LogP contribution is 2.36. The molecule has 1 N–H and O–H groups in total. The maximum absolute atomic E-state index is 12.6. The Labute approximate surface area is 186 Å². The molecular formula is C21H30N4O7. The summed E-state index contributed by atoms with van der Waals surface area (Å²) in [6.45, 7) is 10.1. The van der Waals surface area contributed by atoms with E-state index in [9.17, 15) is 14.7 Å². The fourth-order valence-electron chi connectivity index (χ4n) is 3.05. The first kappa shape index (κ1) is 23.9. The average molecular weight is 450 g/mol. The monoisotopic (exact) mass is 450 g/mol. The molecule has 11 heteroatoms. The minimum atomic E-state index is -1.25. The van der Waals surface area contributed by atoms with Crippen molar-refractivity contribution in [2.24, 2.45) is 10.8 Å². The van der Waals surface area contributed by atoms with Gasteiger partial charge in [0.1, 0.15) is 25.1 Å². The predicted molar refractivity (Wildman–Crippen MR) is 112 cm³/mol. The number of carbonyl (C=O) groups is 2. The lowest BCUT2D eigenvalue weighted by Crippen LogP contribution is -2.40. The number of carbonyl (C=O) groups excluding carboxylic acids is 2. The molecule has 11 nitrogen and oxygen atoms in total. The van der Waals surface area contributed by atoms with Crippen LogP contribution in [0.15, 0.2) is 12.7 Å². The molecule has 2 aromatic heterocycles. The second-order valence-electron chi connectivity index (χ2n) is 9.73. The quantitative estimate of drug-likeness (QED) is 0.670. The first-order valence-corrected chi connectivity index (χ1v) is 10.3. The normalized spacial score (nSPS) is 23.9. The zero-order chi connectivity index (χ0) is 23.8. The number of nitrogens with zero attached hydrogens (tertiary/aromatic N) is 4. The van der Waals surface area contributed by atoms with Crippen molar-refractivity contribution in [1.82, 2.24) is 19.5 Å². The number of aromatic nitrogens is 4. The molecule has 0 spiro atoms. The third kappa shape index (κ3) is 4.68. The maximum atomic E-state index is 12.6. The van der Waals surface area contributed by atoms with Gasteiger partial charge in [-0.1, -0.05) is 0 Å². The van der Waals surface area contributed by atoms with E-state index in [2.05, 4.69) is 15.0 Å². The van der Waals surface area contributed by atoms with Gasteiger partial charge in [-0.15, -0.1) is 0 Å². The first-order chi connectivity index (χ1) is 14.8. The van der Waals surface area contributed by atoms with Crippen LogP contribution in [0.5, 0.6) is 5.88 Å². The van der Waals surface area contributed by atoms with Crippen molar-refractivity contribution in [2.45, 2.75) is 66.1 Å². The highest BCUT2D eigenvalue weighted by molar-refractivity contribution is 5.77. The van der Waals surface area contributed by atoms with Gasteiger partial charge in [-0.2, -0.15) is 4.98 Å². The van der Waals surface area contributed by atoms with Crippen molar-refractivity contribution in [2.75, 3.05) is 13.7 Å². The zero-order valence-electron chi connectivity index (χ0n) is 19.4. The molecule has 4 atom stereocenters. The molecular weight excluding hydrogens is 420 g/mol. The van der Waals surface area contributed by atoms with Gasteiger partial charge in [0.15, 0.2) is 23.5 Å². The fraction of sp³-hybridized carbons (Fsp3) is 0.667. The van der Waals surface area contributed by atoms with Crippen LogP contribution in [0.1, 0.15) is 47.8 Å². The molecule has 1 saturated heterocycles. The largest absolute Gasteiger partial charge is 0.479 e. The molecule has 0 aromatic carbocycles. The SMILES string of the molecule is COc1ncnc2c1ncn2[C@@H]1O[C@H](COC(=O)C(C)(C)C)[C@@H](O)[C@@H]1OC(=O)C(C)(C)C. The molecule has 3 heterocycles. The van der Waals surface area contributed by atoms with Crippen LogP contribution in [0.2, 0.25) is 0 Å². The average Bonchev–Trinajstić information content (AvgIpc) is 3.26. The smallest absolute Gasteiger partial charge is 0.311 e. The molecule has 0 unspecified atom stereocenters. The van der Waals surface area contributed by atoms with E-state index in [1.165, 1.54) is 24.3 Å². The molecule has 0 amide bonds. The summed E-state index contributed by atoms with van der Waals surface area (Å²) in [5, 5.41) is 10.9. The van der Waals surface area contributed by atoms with Crippen LogP contribution in [0.4, 0.5) is 0 Å². The Morgan fingerprint density at radius 3 is 2.34 bits per heavy atom. The van der Waals surface area contributed by atoms with Crippen LogP contribution >= 0.6 is 0 Å². The van der Waals surface area contributed by atoms with Gasteiger partial charge >= 0.3 is 11.9 Å². The number of imidazole rings is 1. The summed E-state index contributed by atoms with van der Waals surface area (Å²) >= 11 is 0. The predicted octanol–water partition coefficient (Wildman–Crippen LogP) is 1.64. The van der Waals surface area contributed by atoms with E-state index >= 15 is 0 Å². The van der Waals surface area contributed by atoms with Gasteiger partial charge in [-0.25, -0.2) is 9.97 Å². The van der Waals surface area contributed by atoms with E-state index in [0.29, 0.717) is 11.2 Å². The molecule has 0 aliphatic carbocycles. The third-order valence-electron chi connectivity index (χ3n) is 4.95. The maximum Gasteiger partial charge on any atom is 0.311 e. The number of rotatable bonds is 5. The standard InChI is InChI=1S/C21H30N4O7/c1-20(2,3)18(27)30-8-11-13(26)14(32-19(28)21(4,5)6)17(31-11)25-10-24-12-15(25)22-9-23-16(12)29-7/h9-11,13-14,17,26H,8H2,1-7H3/t11-,13-,14+,17-/m1/s1. The Morgan fingerprint density at radius 1 is 1.09 bits per heavy atom. The molecule has 1 aliphatic rings. The molecule has 32 heavy (non-hydrogen) atoms. The van der Waals surface area contributed by atoms with Gasteiger partial charge in [0.05, 0.1) is 24.3 Å². The lowest BCUT2D eigenvalue weighted by atomic mass is 9.97. The Balaban J connectivity index is 1.93. The summed E-state index contributed by atoms with van der Waals surface area (Å²) in [5.41, 5.74) is -0.756. The lowest BCUT2D eigenvalue weighted by molar-refractivity contribution is -0.167. The minimum absolute atomic E-state index is 0.206. The highest BCUT2D eigenvalue weighted by Gasteiger charge is 2.49. The van der Waals surface area contributed by atoms with Gasteiger partial charge in [0.2, 0.25) is 5.88 Å². The van der Waals surface area contributed by atoms with Crippen molar-refractivity contribution in [3.05, 3.63) is 12.7 Å². The molecule has 1 fully saturated rings. The Bertz CT molecular complexity index is 992. The number of aliphatic hydroxyl groups is 1. The van der Waals surface area contributed by atoms with Crippen LogP contribution in [0.3, 0.4) is 0 Å². The number of hydrogen-bond donors (Lipinski definition) is 1. The topological polar surface area (TPSA) is 135 Å². The highest BCUT2D eigenvalue weighted by atomic mass is 16.6. The van der Waals surface area contributed by atoms with E-state index in [1.807, 2.05) is 0 Å². The number of methoxy groups -OCH3 is 1. The van der Waals surface area contributed by atoms with Crippen molar-refractivity contribution in [1.29, 1.82) is 0 Å². The number of ether oxygens (including phenoxy) is 4. The summed E-state index contributed by atoms with van der Waals surface area (Å²) in [6.07, 6.45) is -1.47.